The molecule has 0 saturated heterocycles. The zero-order chi connectivity index (χ0) is 37.5. The van der Waals surface area contributed by atoms with Crippen molar-refractivity contribution in [1.82, 2.24) is 15.0 Å². The second-order valence-corrected chi connectivity index (χ2v) is 16.4. The maximum absolute atomic E-state index is 6.70. The molecular weight excluding hydrogens is 735 g/mol. The Bertz CT molecular complexity index is 3470. The molecule has 4 aromatic heterocycles. The standard InChI is InChI=1S/C51H29N3OS2/c1-3-13-30(14-4-1)49-52-50(31-15-5-2-6-16-31)54-51(53-49)38-21-11-20-36-39-27-32(25-26-44(39)57-48(36)38)33-28-40-34-17-7-9-22-42(34)55-47(40)41(29-33)35-19-12-24-45-46(35)37-18-8-10-23-43(37)56-45/h1-29H. The largest absolute Gasteiger partial charge is 0.455 e. The Morgan fingerprint density at radius 3 is 1.77 bits per heavy atom. The first kappa shape index (κ1) is 32.3. The molecule has 8 aromatic carbocycles. The topological polar surface area (TPSA) is 51.8 Å². The zero-order valence-corrected chi connectivity index (χ0v) is 31.9. The fraction of sp³-hybridized carbons (Fsp3) is 0. The summed E-state index contributed by atoms with van der Waals surface area (Å²) in [5.41, 5.74) is 9.30. The van der Waals surface area contributed by atoms with Crippen LogP contribution < -0.4 is 0 Å². The van der Waals surface area contributed by atoms with Gasteiger partial charge in [-0.1, -0.05) is 127 Å². The molecule has 0 unspecified atom stereocenters. The second-order valence-electron chi connectivity index (χ2n) is 14.3. The summed E-state index contributed by atoms with van der Waals surface area (Å²) in [6.07, 6.45) is 0. The Hall–Kier alpha value is -6.99. The Labute approximate surface area is 335 Å². The molecule has 0 aliphatic carbocycles. The number of para-hydroxylation sites is 1. The molecule has 0 bridgehead atoms. The Morgan fingerprint density at radius 1 is 0.351 bits per heavy atom. The number of fused-ring (bicyclic) bond motifs is 9. The Kier molecular flexibility index (Phi) is 7.24. The van der Waals surface area contributed by atoms with Crippen molar-refractivity contribution in [2.24, 2.45) is 0 Å². The van der Waals surface area contributed by atoms with Gasteiger partial charge in [-0.05, 0) is 65.2 Å². The Balaban J connectivity index is 1.06. The van der Waals surface area contributed by atoms with E-state index in [1.54, 1.807) is 11.3 Å². The summed E-state index contributed by atoms with van der Waals surface area (Å²) in [7, 11) is 0. The van der Waals surface area contributed by atoms with Crippen molar-refractivity contribution in [1.29, 1.82) is 0 Å². The van der Waals surface area contributed by atoms with Crippen LogP contribution in [0.1, 0.15) is 0 Å². The predicted octanol–water partition coefficient (Wildman–Crippen LogP) is 14.8. The minimum absolute atomic E-state index is 0.656. The summed E-state index contributed by atoms with van der Waals surface area (Å²) in [5.74, 6) is 1.98. The molecule has 0 spiro atoms. The molecule has 0 fully saturated rings. The molecule has 0 atom stereocenters. The lowest BCUT2D eigenvalue weighted by Crippen LogP contribution is -2.00. The zero-order valence-electron chi connectivity index (χ0n) is 30.3. The molecule has 0 aliphatic rings. The molecule has 4 nitrogen and oxygen atoms in total. The molecule has 12 rings (SSSR count). The highest BCUT2D eigenvalue weighted by atomic mass is 32.1. The predicted molar refractivity (Wildman–Crippen MR) is 240 cm³/mol. The maximum Gasteiger partial charge on any atom is 0.165 e. The quantitative estimate of drug-likeness (QED) is 0.175. The number of hydrogen-bond donors (Lipinski definition) is 0. The maximum atomic E-state index is 6.70. The third-order valence-corrected chi connectivity index (χ3v) is 13.3. The van der Waals surface area contributed by atoms with Gasteiger partial charge in [-0.3, -0.25) is 0 Å². The number of nitrogens with zero attached hydrogens (tertiary/aromatic N) is 3. The summed E-state index contributed by atoms with van der Waals surface area (Å²) >= 11 is 3.63. The van der Waals surface area contributed by atoms with Crippen molar-refractivity contribution in [3.63, 3.8) is 0 Å². The number of furan rings is 1. The molecule has 0 amide bonds. The molecular formula is C51H29N3OS2. The minimum Gasteiger partial charge on any atom is -0.455 e. The van der Waals surface area contributed by atoms with E-state index in [0.29, 0.717) is 17.5 Å². The lowest BCUT2D eigenvalue weighted by Gasteiger charge is -2.10. The van der Waals surface area contributed by atoms with Crippen LogP contribution in [0.3, 0.4) is 0 Å². The second kappa shape index (κ2) is 12.8. The Morgan fingerprint density at radius 2 is 0.965 bits per heavy atom. The minimum atomic E-state index is 0.656. The van der Waals surface area contributed by atoms with Crippen LogP contribution >= 0.6 is 22.7 Å². The number of thiophene rings is 2. The van der Waals surface area contributed by atoms with E-state index in [0.717, 1.165) is 60.0 Å². The number of rotatable bonds is 5. The molecule has 57 heavy (non-hydrogen) atoms. The van der Waals surface area contributed by atoms with Gasteiger partial charge in [0.05, 0.1) is 0 Å². The third kappa shape index (κ3) is 5.22. The fourth-order valence-electron chi connectivity index (χ4n) is 8.28. The van der Waals surface area contributed by atoms with E-state index in [2.05, 4.69) is 109 Å². The monoisotopic (exact) mass is 763 g/mol. The first-order valence-electron chi connectivity index (χ1n) is 18.9. The van der Waals surface area contributed by atoms with E-state index in [1.807, 2.05) is 78.1 Å². The van der Waals surface area contributed by atoms with E-state index in [4.69, 9.17) is 19.4 Å². The molecule has 266 valence electrons. The fourth-order valence-corrected chi connectivity index (χ4v) is 10.6. The smallest absolute Gasteiger partial charge is 0.165 e. The van der Waals surface area contributed by atoms with Gasteiger partial charge in [0.15, 0.2) is 17.5 Å². The van der Waals surface area contributed by atoms with Gasteiger partial charge in [-0.15, -0.1) is 22.7 Å². The normalized spacial score (nSPS) is 11.9. The van der Waals surface area contributed by atoms with Crippen molar-refractivity contribution in [2.45, 2.75) is 0 Å². The van der Waals surface area contributed by atoms with Gasteiger partial charge in [-0.25, -0.2) is 15.0 Å². The van der Waals surface area contributed by atoms with Gasteiger partial charge in [0, 0.05) is 73.4 Å². The van der Waals surface area contributed by atoms with Crippen LogP contribution in [-0.4, -0.2) is 15.0 Å². The summed E-state index contributed by atoms with van der Waals surface area (Å²) < 4.78 is 11.6. The molecule has 6 heteroatoms. The van der Waals surface area contributed by atoms with Gasteiger partial charge >= 0.3 is 0 Å². The highest BCUT2D eigenvalue weighted by molar-refractivity contribution is 7.26. The lowest BCUT2D eigenvalue weighted by molar-refractivity contribution is 0.670. The van der Waals surface area contributed by atoms with Crippen LogP contribution in [0, 0.1) is 0 Å². The van der Waals surface area contributed by atoms with Gasteiger partial charge < -0.3 is 4.42 Å². The van der Waals surface area contributed by atoms with Crippen LogP contribution in [0.2, 0.25) is 0 Å². The van der Waals surface area contributed by atoms with Gasteiger partial charge in [0.2, 0.25) is 0 Å². The first-order chi connectivity index (χ1) is 28.2. The average molecular weight is 764 g/mol. The average Bonchev–Trinajstić information content (AvgIpc) is 3.98. The van der Waals surface area contributed by atoms with E-state index in [1.165, 1.54) is 41.2 Å². The molecule has 0 radical (unpaired) electrons. The van der Waals surface area contributed by atoms with Gasteiger partial charge in [0.1, 0.15) is 11.2 Å². The van der Waals surface area contributed by atoms with E-state index < -0.39 is 0 Å². The number of hydrogen-bond acceptors (Lipinski definition) is 6. The van der Waals surface area contributed by atoms with Crippen LogP contribution in [0.15, 0.2) is 180 Å². The van der Waals surface area contributed by atoms with Crippen LogP contribution in [0.4, 0.5) is 0 Å². The molecule has 0 aliphatic heterocycles. The summed E-state index contributed by atoms with van der Waals surface area (Å²) in [5, 5.41) is 7.17. The molecule has 0 saturated carbocycles. The van der Waals surface area contributed by atoms with Crippen molar-refractivity contribution in [3.8, 4) is 56.4 Å². The number of aromatic nitrogens is 3. The highest BCUT2D eigenvalue weighted by Crippen LogP contribution is 2.46. The molecule has 4 heterocycles. The van der Waals surface area contributed by atoms with Gasteiger partial charge in [0.25, 0.3) is 0 Å². The number of benzene rings is 8. The van der Waals surface area contributed by atoms with Crippen LogP contribution in [-0.2, 0) is 0 Å². The summed E-state index contributed by atoms with van der Waals surface area (Å²) in [4.78, 5) is 15.1. The molecule has 12 aromatic rings. The summed E-state index contributed by atoms with van der Waals surface area (Å²) in [6.45, 7) is 0. The van der Waals surface area contributed by atoms with Crippen molar-refractivity contribution in [3.05, 3.63) is 176 Å². The van der Waals surface area contributed by atoms with E-state index in [9.17, 15) is 0 Å². The van der Waals surface area contributed by atoms with Crippen LogP contribution in [0.25, 0.3) is 119 Å². The van der Waals surface area contributed by atoms with E-state index >= 15 is 0 Å². The highest BCUT2D eigenvalue weighted by Gasteiger charge is 2.20. The van der Waals surface area contributed by atoms with E-state index in [-0.39, 0.29) is 0 Å². The third-order valence-electron chi connectivity index (χ3n) is 10.9. The SMILES string of the molecule is c1ccc(-c2nc(-c3ccccc3)nc(-c3cccc4c3sc3ccc(-c5cc(-c6cccc7sc8ccccc8c67)c6oc7ccccc7c6c5)cc34)n2)cc1. The molecule has 0 N–H and O–H groups in total. The van der Waals surface area contributed by atoms with Crippen molar-refractivity contribution < 1.29 is 4.42 Å². The summed E-state index contributed by atoms with van der Waals surface area (Å²) in [6, 6.07) is 62.0. The van der Waals surface area contributed by atoms with Crippen LogP contribution in [0.5, 0.6) is 0 Å². The lowest BCUT2D eigenvalue weighted by atomic mass is 9.93. The van der Waals surface area contributed by atoms with Gasteiger partial charge in [-0.2, -0.15) is 0 Å². The first-order valence-corrected chi connectivity index (χ1v) is 20.6. The van der Waals surface area contributed by atoms with Crippen molar-refractivity contribution in [2.75, 3.05) is 0 Å². The van der Waals surface area contributed by atoms with Crippen molar-refractivity contribution >= 4 is 85.0 Å².